The lowest BCUT2D eigenvalue weighted by Gasteiger charge is -2.10. The van der Waals surface area contributed by atoms with Crippen LogP contribution < -0.4 is 5.32 Å². The molecular weight excluding hydrogens is 388 g/mol. The van der Waals surface area contributed by atoms with E-state index in [9.17, 15) is 4.79 Å². The maximum absolute atomic E-state index is 12.2. The lowest BCUT2D eigenvalue weighted by molar-refractivity contribution is -0.118. The highest BCUT2D eigenvalue weighted by molar-refractivity contribution is 7.99. The molecule has 7 nitrogen and oxygen atoms in total. The minimum atomic E-state index is -0.0339. The van der Waals surface area contributed by atoms with E-state index in [1.54, 1.807) is 6.26 Å². The Morgan fingerprint density at radius 3 is 2.76 bits per heavy atom. The third-order valence-corrected chi connectivity index (χ3v) is 5.04. The highest BCUT2D eigenvalue weighted by atomic mass is 32.2. The van der Waals surface area contributed by atoms with Gasteiger partial charge in [0, 0.05) is 13.2 Å². The second-order valence-electron chi connectivity index (χ2n) is 6.77. The first-order valence-electron chi connectivity index (χ1n) is 9.65. The van der Waals surface area contributed by atoms with E-state index in [4.69, 9.17) is 9.15 Å². The number of hydrogen-bond acceptors (Lipinski definition) is 6. The van der Waals surface area contributed by atoms with Gasteiger partial charge in [0.25, 0.3) is 0 Å². The zero-order chi connectivity index (χ0) is 20.5. The van der Waals surface area contributed by atoms with Gasteiger partial charge in [0.15, 0.2) is 10.9 Å². The van der Waals surface area contributed by atoms with Crippen LogP contribution in [0.2, 0.25) is 0 Å². The number of carbonyl (C=O) groups excluding carboxylic acids is 1. The Hall–Kier alpha value is -2.58. The molecule has 1 amide bonds. The van der Waals surface area contributed by atoms with Crippen molar-refractivity contribution in [3.8, 4) is 11.6 Å². The number of aromatic nitrogens is 3. The first-order chi connectivity index (χ1) is 14.1. The van der Waals surface area contributed by atoms with Crippen LogP contribution in [0.5, 0.6) is 0 Å². The third-order valence-electron chi connectivity index (χ3n) is 4.07. The molecule has 0 aliphatic heterocycles. The molecule has 0 spiro atoms. The van der Waals surface area contributed by atoms with Crippen molar-refractivity contribution in [3.63, 3.8) is 0 Å². The molecule has 0 saturated heterocycles. The summed E-state index contributed by atoms with van der Waals surface area (Å²) in [5.41, 5.74) is 1.12. The van der Waals surface area contributed by atoms with Crippen molar-refractivity contribution in [1.82, 2.24) is 20.1 Å². The van der Waals surface area contributed by atoms with E-state index in [0.717, 1.165) is 12.0 Å². The molecular formula is C21H26N4O3S. The Morgan fingerprint density at radius 1 is 1.21 bits per heavy atom. The number of amides is 1. The van der Waals surface area contributed by atoms with Crippen molar-refractivity contribution < 1.29 is 13.9 Å². The predicted molar refractivity (Wildman–Crippen MR) is 113 cm³/mol. The molecule has 2 aromatic heterocycles. The topological polar surface area (TPSA) is 82.2 Å². The molecule has 0 atom stereocenters. The van der Waals surface area contributed by atoms with E-state index >= 15 is 0 Å². The number of hydrogen-bond donors (Lipinski definition) is 1. The summed E-state index contributed by atoms with van der Waals surface area (Å²) in [7, 11) is 0. The number of thioether (sulfide) groups is 1. The van der Waals surface area contributed by atoms with Gasteiger partial charge >= 0.3 is 0 Å². The second-order valence-corrected chi connectivity index (χ2v) is 7.71. The molecule has 2 heterocycles. The summed E-state index contributed by atoms with van der Waals surface area (Å²) in [6.07, 6.45) is 2.61. The van der Waals surface area contributed by atoms with Crippen molar-refractivity contribution in [2.45, 2.75) is 38.1 Å². The molecule has 0 aliphatic rings. The van der Waals surface area contributed by atoms with Gasteiger partial charge in [-0.2, -0.15) is 0 Å². The molecule has 3 aromatic rings. The van der Waals surface area contributed by atoms with Crippen molar-refractivity contribution in [3.05, 3.63) is 54.3 Å². The average Bonchev–Trinajstić information content (AvgIpc) is 3.36. The first kappa shape index (κ1) is 21.1. The van der Waals surface area contributed by atoms with E-state index in [1.807, 2.05) is 60.9 Å². The minimum absolute atomic E-state index is 0.0339. The molecule has 29 heavy (non-hydrogen) atoms. The van der Waals surface area contributed by atoms with Gasteiger partial charge in [-0.25, -0.2) is 0 Å². The van der Waals surface area contributed by atoms with Crippen LogP contribution in [0.1, 0.15) is 25.8 Å². The van der Waals surface area contributed by atoms with E-state index in [1.165, 1.54) is 11.8 Å². The van der Waals surface area contributed by atoms with E-state index in [2.05, 4.69) is 15.5 Å². The number of nitrogens with one attached hydrogen (secondary N) is 1. The zero-order valence-corrected chi connectivity index (χ0v) is 17.5. The van der Waals surface area contributed by atoms with Crippen LogP contribution in [0.15, 0.2) is 58.3 Å². The summed E-state index contributed by atoms with van der Waals surface area (Å²) < 4.78 is 13.0. The maximum Gasteiger partial charge on any atom is 0.230 e. The molecule has 1 N–H and O–H groups in total. The number of rotatable bonds is 11. The normalized spacial score (nSPS) is 11.1. The number of ether oxygens (including phenoxy) is 1. The van der Waals surface area contributed by atoms with Gasteiger partial charge < -0.3 is 14.5 Å². The molecule has 154 valence electrons. The van der Waals surface area contributed by atoms with Gasteiger partial charge in [-0.05, 0) is 38.0 Å². The van der Waals surface area contributed by atoms with Crippen molar-refractivity contribution in [2.24, 2.45) is 0 Å². The van der Waals surface area contributed by atoms with Crippen LogP contribution in [0.4, 0.5) is 0 Å². The number of benzene rings is 1. The Labute approximate surface area is 174 Å². The molecule has 1 aromatic carbocycles. The maximum atomic E-state index is 12.2. The quantitative estimate of drug-likeness (QED) is 0.381. The minimum Gasteiger partial charge on any atom is -0.461 e. The van der Waals surface area contributed by atoms with Gasteiger partial charge in [0.1, 0.15) is 0 Å². The van der Waals surface area contributed by atoms with Gasteiger partial charge in [0.05, 0.1) is 24.7 Å². The molecule has 8 heteroatoms. The van der Waals surface area contributed by atoms with Crippen LogP contribution in [-0.2, 0) is 16.1 Å². The molecule has 3 rings (SSSR count). The highest BCUT2D eigenvalue weighted by Gasteiger charge is 2.17. The fourth-order valence-electron chi connectivity index (χ4n) is 2.69. The van der Waals surface area contributed by atoms with Crippen molar-refractivity contribution >= 4 is 17.7 Å². The van der Waals surface area contributed by atoms with Gasteiger partial charge in [-0.15, -0.1) is 10.2 Å². The molecule has 0 aliphatic carbocycles. The summed E-state index contributed by atoms with van der Waals surface area (Å²) >= 11 is 1.37. The van der Waals surface area contributed by atoms with Crippen molar-refractivity contribution in [1.29, 1.82) is 0 Å². The highest BCUT2D eigenvalue weighted by Crippen LogP contribution is 2.25. The monoisotopic (exact) mass is 414 g/mol. The standard InChI is InChI=1S/C21H26N4O3S/c1-16(2)27-13-7-11-22-19(26)15-29-21-24-23-20(18-10-6-12-28-18)25(21)14-17-8-4-3-5-9-17/h3-6,8-10,12,16H,7,11,13-15H2,1-2H3,(H,22,26). The Balaban J connectivity index is 1.61. The fraction of sp³-hybridized carbons (Fsp3) is 0.381. The van der Waals surface area contributed by atoms with E-state index in [0.29, 0.717) is 36.4 Å². The average molecular weight is 415 g/mol. The summed E-state index contributed by atoms with van der Waals surface area (Å²) in [6, 6.07) is 13.7. The van der Waals surface area contributed by atoms with Gasteiger partial charge in [0.2, 0.25) is 11.7 Å². The lowest BCUT2D eigenvalue weighted by atomic mass is 10.2. The van der Waals surface area contributed by atoms with Crippen LogP contribution in [0.3, 0.4) is 0 Å². The largest absolute Gasteiger partial charge is 0.461 e. The Kier molecular flexibility index (Phi) is 7.89. The molecule has 0 bridgehead atoms. The Morgan fingerprint density at radius 2 is 2.03 bits per heavy atom. The number of nitrogens with zero attached hydrogens (tertiary/aromatic N) is 3. The fourth-order valence-corrected chi connectivity index (χ4v) is 3.46. The number of carbonyl (C=O) groups is 1. The van der Waals surface area contributed by atoms with Gasteiger partial charge in [-0.3, -0.25) is 9.36 Å². The molecule has 0 saturated carbocycles. The molecule has 0 fully saturated rings. The number of furan rings is 1. The summed E-state index contributed by atoms with van der Waals surface area (Å²) in [5, 5.41) is 12.2. The van der Waals surface area contributed by atoms with Crippen LogP contribution in [-0.4, -0.2) is 45.7 Å². The van der Waals surface area contributed by atoms with Crippen LogP contribution in [0.25, 0.3) is 11.6 Å². The summed E-state index contributed by atoms with van der Waals surface area (Å²) in [5.74, 6) is 1.53. The smallest absolute Gasteiger partial charge is 0.230 e. The van der Waals surface area contributed by atoms with Crippen LogP contribution >= 0.6 is 11.8 Å². The van der Waals surface area contributed by atoms with Crippen molar-refractivity contribution in [2.75, 3.05) is 18.9 Å². The second kappa shape index (κ2) is 10.8. The zero-order valence-electron chi connectivity index (χ0n) is 16.7. The SMILES string of the molecule is CC(C)OCCCNC(=O)CSc1nnc(-c2ccco2)n1Cc1ccccc1. The van der Waals surface area contributed by atoms with E-state index in [-0.39, 0.29) is 17.8 Å². The van der Waals surface area contributed by atoms with Crippen LogP contribution in [0, 0.1) is 0 Å². The summed E-state index contributed by atoms with van der Waals surface area (Å²) in [6.45, 7) is 5.83. The molecule has 0 unspecified atom stereocenters. The summed E-state index contributed by atoms with van der Waals surface area (Å²) in [4.78, 5) is 12.2. The van der Waals surface area contributed by atoms with Gasteiger partial charge in [-0.1, -0.05) is 42.1 Å². The van der Waals surface area contributed by atoms with E-state index < -0.39 is 0 Å². The first-order valence-corrected chi connectivity index (χ1v) is 10.6. The lowest BCUT2D eigenvalue weighted by Crippen LogP contribution is -2.27. The third kappa shape index (κ3) is 6.47. The predicted octanol–water partition coefficient (Wildman–Crippen LogP) is 3.61. The molecule has 0 radical (unpaired) electrons. The Bertz CT molecular complexity index is 879.